The quantitative estimate of drug-likeness (QED) is 0.864. The molecule has 0 spiro atoms. The number of nitrogens with one attached hydrogen (secondary N) is 1. The summed E-state index contributed by atoms with van der Waals surface area (Å²) in [5.74, 6) is -0.911. The van der Waals surface area contributed by atoms with E-state index < -0.39 is 0 Å². The van der Waals surface area contributed by atoms with Crippen LogP contribution in [0, 0.1) is 6.92 Å². The number of hydrogen-bond donors (Lipinski definition) is 1. The Morgan fingerprint density at radius 1 is 1.00 bits per heavy atom. The first kappa shape index (κ1) is 16.5. The Morgan fingerprint density at radius 2 is 1.69 bits per heavy atom. The monoisotopic (exact) mass is 348 g/mol. The van der Waals surface area contributed by atoms with Gasteiger partial charge in [0.1, 0.15) is 0 Å². The first-order valence-corrected chi connectivity index (χ1v) is 8.95. The molecule has 1 N–H and O–H groups in total. The molecule has 1 aliphatic heterocycles. The molecule has 2 aromatic rings. The highest BCUT2D eigenvalue weighted by atomic mass is 16.2. The molecular formula is C21H20N2O3. The summed E-state index contributed by atoms with van der Waals surface area (Å²) >= 11 is 0. The van der Waals surface area contributed by atoms with Crippen LogP contribution in [0.1, 0.15) is 62.3 Å². The minimum absolute atomic E-state index is 0.186. The largest absolute Gasteiger partial charge is 0.349 e. The van der Waals surface area contributed by atoms with Crippen molar-refractivity contribution >= 4 is 23.4 Å². The SMILES string of the molecule is Cc1ccccc1N1C(=O)c2ccc(C(=O)NC3CCCC3)cc2C1=O. The fourth-order valence-corrected chi connectivity index (χ4v) is 3.75. The van der Waals surface area contributed by atoms with Gasteiger partial charge in [0.15, 0.2) is 0 Å². The molecule has 3 amide bonds. The zero-order valence-corrected chi connectivity index (χ0v) is 14.6. The molecular weight excluding hydrogens is 328 g/mol. The van der Waals surface area contributed by atoms with Gasteiger partial charge in [-0.05, 0) is 49.6 Å². The first-order valence-electron chi connectivity index (χ1n) is 8.95. The van der Waals surface area contributed by atoms with E-state index in [1.807, 2.05) is 19.1 Å². The van der Waals surface area contributed by atoms with E-state index in [1.54, 1.807) is 24.3 Å². The van der Waals surface area contributed by atoms with Crippen LogP contribution in [0.2, 0.25) is 0 Å². The minimum atomic E-state index is -0.380. The van der Waals surface area contributed by atoms with E-state index in [9.17, 15) is 14.4 Å². The summed E-state index contributed by atoms with van der Waals surface area (Å²) in [6, 6.07) is 12.2. The van der Waals surface area contributed by atoms with Gasteiger partial charge in [-0.2, -0.15) is 0 Å². The highest BCUT2D eigenvalue weighted by Crippen LogP contribution is 2.31. The minimum Gasteiger partial charge on any atom is -0.349 e. The van der Waals surface area contributed by atoms with Crippen LogP contribution in [-0.4, -0.2) is 23.8 Å². The molecule has 0 radical (unpaired) electrons. The lowest BCUT2D eigenvalue weighted by Gasteiger charge is -2.16. The number of benzene rings is 2. The third-order valence-corrected chi connectivity index (χ3v) is 5.20. The summed E-state index contributed by atoms with van der Waals surface area (Å²) in [5.41, 5.74) is 2.48. The summed E-state index contributed by atoms with van der Waals surface area (Å²) in [5, 5.41) is 3.02. The number of hydrogen-bond acceptors (Lipinski definition) is 3. The number of fused-ring (bicyclic) bond motifs is 1. The smallest absolute Gasteiger partial charge is 0.266 e. The lowest BCUT2D eigenvalue weighted by Crippen LogP contribution is -2.32. The Hall–Kier alpha value is -2.95. The van der Waals surface area contributed by atoms with Crippen LogP contribution in [0.5, 0.6) is 0 Å². The van der Waals surface area contributed by atoms with E-state index in [0.717, 1.165) is 31.2 Å². The van der Waals surface area contributed by atoms with Gasteiger partial charge < -0.3 is 5.32 Å². The molecule has 1 heterocycles. The lowest BCUT2D eigenvalue weighted by molar-refractivity contribution is 0.0921. The van der Waals surface area contributed by atoms with Gasteiger partial charge in [0.25, 0.3) is 17.7 Å². The highest BCUT2D eigenvalue weighted by molar-refractivity contribution is 6.35. The summed E-state index contributed by atoms with van der Waals surface area (Å²) in [6.07, 6.45) is 4.26. The molecule has 1 saturated carbocycles. The van der Waals surface area contributed by atoms with E-state index in [1.165, 1.54) is 11.0 Å². The van der Waals surface area contributed by atoms with Crippen LogP contribution in [-0.2, 0) is 0 Å². The zero-order valence-electron chi connectivity index (χ0n) is 14.6. The summed E-state index contributed by atoms with van der Waals surface area (Å²) in [7, 11) is 0. The van der Waals surface area contributed by atoms with E-state index in [-0.39, 0.29) is 29.3 Å². The number of carbonyl (C=O) groups is 3. The normalized spacial score (nSPS) is 16.9. The van der Waals surface area contributed by atoms with Crippen molar-refractivity contribution in [3.63, 3.8) is 0 Å². The van der Waals surface area contributed by atoms with Crippen LogP contribution < -0.4 is 10.2 Å². The zero-order chi connectivity index (χ0) is 18.3. The summed E-state index contributed by atoms with van der Waals surface area (Å²) < 4.78 is 0. The highest BCUT2D eigenvalue weighted by Gasteiger charge is 2.37. The van der Waals surface area contributed by atoms with Crippen molar-refractivity contribution in [1.82, 2.24) is 5.32 Å². The molecule has 0 saturated heterocycles. The number of rotatable bonds is 3. The Morgan fingerprint density at radius 3 is 2.42 bits per heavy atom. The Bertz CT molecular complexity index is 913. The van der Waals surface area contributed by atoms with Gasteiger partial charge in [-0.25, -0.2) is 4.90 Å². The molecule has 1 fully saturated rings. The van der Waals surface area contributed by atoms with Crippen molar-refractivity contribution in [3.8, 4) is 0 Å². The van der Waals surface area contributed by atoms with Gasteiger partial charge in [-0.3, -0.25) is 14.4 Å². The molecule has 5 heteroatoms. The molecule has 2 aromatic carbocycles. The number of anilines is 1. The van der Waals surface area contributed by atoms with Gasteiger partial charge in [0.2, 0.25) is 0 Å². The van der Waals surface area contributed by atoms with Crippen molar-refractivity contribution in [1.29, 1.82) is 0 Å². The molecule has 0 bridgehead atoms. The molecule has 5 nitrogen and oxygen atoms in total. The number of para-hydroxylation sites is 1. The van der Waals surface area contributed by atoms with Gasteiger partial charge in [0, 0.05) is 11.6 Å². The maximum Gasteiger partial charge on any atom is 0.266 e. The van der Waals surface area contributed by atoms with Crippen LogP contribution in [0.15, 0.2) is 42.5 Å². The average molecular weight is 348 g/mol. The number of nitrogens with zero attached hydrogens (tertiary/aromatic N) is 1. The Labute approximate surface area is 152 Å². The lowest BCUT2D eigenvalue weighted by atomic mass is 10.0. The van der Waals surface area contributed by atoms with E-state index >= 15 is 0 Å². The predicted octanol–water partition coefficient (Wildman–Crippen LogP) is 3.47. The van der Waals surface area contributed by atoms with Crippen molar-refractivity contribution in [3.05, 3.63) is 64.7 Å². The fourth-order valence-electron chi connectivity index (χ4n) is 3.75. The second kappa shape index (κ2) is 6.41. The van der Waals surface area contributed by atoms with E-state index in [0.29, 0.717) is 16.8 Å². The van der Waals surface area contributed by atoms with Gasteiger partial charge in [-0.15, -0.1) is 0 Å². The van der Waals surface area contributed by atoms with Crippen LogP contribution >= 0.6 is 0 Å². The second-order valence-electron chi connectivity index (χ2n) is 6.95. The topological polar surface area (TPSA) is 66.5 Å². The molecule has 0 unspecified atom stereocenters. The number of carbonyl (C=O) groups excluding carboxylic acids is 3. The van der Waals surface area contributed by atoms with Gasteiger partial charge in [0.05, 0.1) is 16.8 Å². The predicted molar refractivity (Wildman–Crippen MR) is 98.5 cm³/mol. The Kier molecular flexibility index (Phi) is 4.07. The third-order valence-electron chi connectivity index (χ3n) is 5.20. The van der Waals surface area contributed by atoms with Crippen molar-refractivity contribution in [2.75, 3.05) is 4.90 Å². The van der Waals surface area contributed by atoms with Crippen LogP contribution in [0.3, 0.4) is 0 Å². The molecule has 0 aromatic heterocycles. The molecule has 2 aliphatic rings. The van der Waals surface area contributed by atoms with Crippen LogP contribution in [0.4, 0.5) is 5.69 Å². The molecule has 1 aliphatic carbocycles. The third kappa shape index (κ3) is 2.69. The molecule has 132 valence electrons. The Balaban J connectivity index is 1.64. The van der Waals surface area contributed by atoms with Crippen LogP contribution in [0.25, 0.3) is 0 Å². The molecule has 0 atom stereocenters. The van der Waals surface area contributed by atoms with Gasteiger partial charge >= 0.3 is 0 Å². The second-order valence-corrected chi connectivity index (χ2v) is 6.95. The summed E-state index contributed by atoms with van der Waals surface area (Å²) in [6.45, 7) is 1.86. The maximum atomic E-state index is 12.9. The summed E-state index contributed by atoms with van der Waals surface area (Å²) in [4.78, 5) is 39.2. The van der Waals surface area contributed by atoms with Crippen molar-refractivity contribution in [2.45, 2.75) is 38.6 Å². The molecule has 4 rings (SSSR count). The number of amides is 3. The maximum absolute atomic E-state index is 12.9. The standard InChI is InChI=1S/C21H20N2O3/c1-13-6-2-5-9-18(13)23-20(25)16-11-10-14(12-17(16)21(23)26)19(24)22-15-7-3-4-8-15/h2,5-6,9-12,15H,3-4,7-8H2,1H3,(H,22,24). The first-order chi connectivity index (χ1) is 12.6. The van der Waals surface area contributed by atoms with Gasteiger partial charge in [-0.1, -0.05) is 31.0 Å². The van der Waals surface area contributed by atoms with Crippen molar-refractivity contribution in [2.24, 2.45) is 0 Å². The van der Waals surface area contributed by atoms with E-state index in [4.69, 9.17) is 0 Å². The number of aryl methyl sites for hydroxylation is 1. The number of imide groups is 1. The molecule has 26 heavy (non-hydrogen) atoms. The van der Waals surface area contributed by atoms with E-state index in [2.05, 4.69) is 5.32 Å². The average Bonchev–Trinajstić information content (AvgIpc) is 3.23. The fraction of sp³-hybridized carbons (Fsp3) is 0.286. The van der Waals surface area contributed by atoms with Crippen molar-refractivity contribution < 1.29 is 14.4 Å².